The van der Waals surface area contributed by atoms with Gasteiger partial charge in [0.1, 0.15) is 0 Å². The van der Waals surface area contributed by atoms with Crippen LogP contribution in [0.2, 0.25) is 0 Å². The number of ether oxygens (including phenoxy) is 3. The Morgan fingerprint density at radius 2 is 1.29 bits per heavy atom. The average Bonchev–Trinajstić information content (AvgIpc) is 2.21. The summed E-state index contributed by atoms with van der Waals surface area (Å²) in [7, 11) is 0. The van der Waals surface area contributed by atoms with Gasteiger partial charge in [-0.15, -0.1) is 0 Å². The van der Waals surface area contributed by atoms with Crippen molar-refractivity contribution in [2.75, 3.05) is 39.6 Å². The summed E-state index contributed by atoms with van der Waals surface area (Å²) in [6, 6.07) is 0. The van der Waals surface area contributed by atoms with Crippen molar-refractivity contribution in [2.24, 2.45) is 0 Å². The van der Waals surface area contributed by atoms with Gasteiger partial charge in [-0.1, -0.05) is 6.92 Å². The van der Waals surface area contributed by atoms with Gasteiger partial charge in [0.2, 0.25) is 0 Å². The maximum Gasteiger partial charge on any atom is 0.0488 e. The second kappa shape index (κ2) is 12.9. The van der Waals surface area contributed by atoms with Crippen LogP contribution in [0, 0.1) is 6.92 Å². The molecule has 0 aromatic heterocycles. The molecule has 0 saturated carbocycles. The summed E-state index contributed by atoms with van der Waals surface area (Å²) in [4.78, 5) is 0. The first-order chi connectivity index (χ1) is 6.91. The van der Waals surface area contributed by atoms with Crippen LogP contribution >= 0.6 is 0 Å². The SMILES string of the molecule is [CH2]COCCCOCCCOCCC. The number of hydrogen-bond acceptors (Lipinski definition) is 3. The summed E-state index contributed by atoms with van der Waals surface area (Å²) < 4.78 is 15.8. The minimum absolute atomic E-state index is 0.546. The molecule has 0 aromatic carbocycles. The summed E-state index contributed by atoms with van der Waals surface area (Å²) in [6.45, 7) is 10.2. The van der Waals surface area contributed by atoms with Gasteiger partial charge in [0.15, 0.2) is 0 Å². The molecule has 3 nitrogen and oxygen atoms in total. The third-order valence-electron chi connectivity index (χ3n) is 1.65. The molecular weight excluding hydrogens is 180 g/mol. The molecule has 0 aliphatic carbocycles. The molecule has 1 radical (unpaired) electrons. The van der Waals surface area contributed by atoms with Gasteiger partial charge >= 0.3 is 0 Å². The van der Waals surface area contributed by atoms with Crippen molar-refractivity contribution in [3.63, 3.8) is 0 Å². The molecule has 0 amide bonds. The van der Waals surface area contributed by atoms with E-state index in [1.54, 1.807) is 0 Å². The largest absolute Gasteiger partial charge is 0.381 e. The molecule has 0 aromatic rings. The van der Waals surface area contributed by atoms with Crippen molar-refractivity contribution in [3.05, 3.63) is 6.92 Å². The first-order valence-electron chi connectivity index (χ1n) is 5.44. The van der Waals surface area contributed by atoms with Crippen LogP contribution in [-0.2, 0) is 14.2 Å². The van der Waals surface area contributed by atoms with Crippen molar-refractivity contribution in [1.82, 2.24) is 0 Å². The Balaban J connectivity index is 2.78. The Hall–Kier alpha value is -0.120. The molecule has 0 fully saturated rings. The zero-order valence-corrected chi connectivity index (χ0v) is 9.30. The van der Waals surface area contributed by atoms with Crippen LogP contribution in [0.4, 0.5) is 0 Å². The lowest BCUT2D eigenvalue weighted by Crippen LogP contribution is -2.04. The lowest BCUT2D eigenvalue weighted by atomic mass is 10.4. The highest BCUT2D eigenvalue weighted by Gasteiger charge is 1.90. The van der Waals surface area contributed by atoms with Crippen LogP contribution in [-0.4, -0.2) is 39.6 Å². The van der Waals surface area contributed by atoms with E-state index in [0.29, 0.717) is 6.61 Å². The van der Waals surface area contributed by atoms with Crippen molar-refractivity contribution in [1.29, 1.82) is 0 Å². The molecule has 0 spiro atoms. The highest BCUT2D eigenvalue weighted by molar-refractivity contribution is 4.38. The van der Waals surface area contributed by atoms with Crippen LogP contribution < -0.4 is 0 Å². The van der Waals surface area contributed by atoms with Crippen molar-refractivity contribution in [3.8, 4) is 0 Å². The molecule has 0 aliphatic rings. The summed E-state index contributed by atoms with van der Waals surface area (Å²) >= 11 is 0. The first-order valence-corrected chi connectivity index (χ1v) is 5.44. The van der Waals surface area contributed by atoms with Crippen LogP contribution in [0.1, 0.15) is 26.2 Å². The van der Waals surface area contributed by atoms with E-state index in [0.717, 1.165) is 52.3 Å². The standard InChI is InChI=1S/C11H23O3/c1-3-7-13-9-6-11-14-10-5-8-12-4-2/h2-11H2,1H3. The quantitative estimate of drug-likeness (QED) is 0.481. The number of hydrogen-bond donors (Lipinski definition) is 0. The Kier molecular flexibility index (Phi) is 12.8. The summed E-state index contributed by atoms with van der Waals surface area (Å²) in [6.07, 6.45) is 3.02. The fourth-order valence-electron chi connectivity index (χ4n) is 0.977. The van der Waals surface area contributed by atoms with Crippen LogP contribution in [0.25, 0.3) is 0 Å². The summed E-state index contributed by atoms with van der Waals surface area (Å²) in [5, 5.41) is 0. The average molecular weight is 203 g/mol. The maximum absolute atomic E-state index is 5.38. The zero-order valence-electron chi connectivity index (χ0n) is 9.30. The molecule has 85 valence electrons. The fourth-order valence-corrected chi connectivity index (χ4v) is 0.977. The lowest BCUT2D eigenvalue weighted by molar-refractivity contribution is 0.0678. The summed E-state index contributed by atoms with van der Waals surface area (Å²) in [5.74, 6) is 0. The highest BCUT2D eigenvalue weighted by Crippen LogP contribution is 1.89. The minimum atomic E-state index is 0.546. The maximum atomic E-state index is 5.38. The summed E-state index contributed by atoms with van der Waals surface area (Å²) in [5.41, 5.74) is 0. The van der Waals surface area contributed by atoms with Gasteiger partial charge in [-0.2, -0.15) is 0 Å². The molecule has 3 heteroatoms. The predicted octanol–water partition coefficient (Wildman–Crippen LogP) is 2.06. The molecule has 0 bridgehead atoms. The molecule has 0 unspecified atom stereocenters. The lowest BCUT2D eigenvalue weighted by Gasteiger charge is -2.04. The van der Waals surface area contributed by atoms with E-state index < -0.39 is 0 Å². The smallest absolute Gasteiger partial charge is 0.0488 e. The van der Waals surface area contributed by atoms with Crippen LogP contribution in [0.15, 0.2) is 0 Å². The normalized spacial score (nSPS) is 10.7. The highest BCUT2D eigenvalue weighted by atomic mass is 16.5. The first kappa shape index (κ1) is 13.9. The van der Waals surface area contributed by atoms with Crippen molar-refractivity contribution < 1.29 is 14.2 Å². The van der Waals surface area contributed by atoms with Gasteiger partial charge < -0.3 is 14.2 Å². The van der Waals surface area contributed by atoms with Gasteiger partial charge in [-0.25, -0.2) is 0 Å². The van der Waals surface area contributed by atoms with E-state index in [-0.39, 0.29) is 0 Å². The van der Waals surface area contributed by atoms with Crippen molar-refractivity contribution in [2.45, 2.75) is 26.2 Å². The van der Waals surface area contributed by atoms with E-state index >= 15 is 0 Å². The molecule has 0 atom stereocenters. The van der Waals surface area contributed by atoms with E-state index in [1.165, 1.54) is 0 Å². The zero-order chi connectivity index (χ0) is 10.5. The Bertz CT molecular complexity index is 84.5. The Morgan fingerprint density at radius 3 is 1.79 bits per heavy atom. The second-order valence-electron chi connectivity index (χ2n) is 3.04. The Labute approximate surface area is 87.7 Å². The third kappa shape index (κ3) is 11.9. The second-order valence-corrected chi connectivity index (χ2v) is 3.04. The van der Waals surface area contributed by atoms with Gasteiger partial charge in [-0.3, -0.25) is 0 Å². The molecule has 0 saturated heterocycles. The van der Waals surface area contributed by atoms with Crippen LogP contribution in [0.5, 0.6) is 0 Å². The molecule has 0 N–H and O–H groups in total. The molecule has 0 rings (SSSR count). The minimum Gasteiger partial charge on any atom is -0.381 e. The van der Waals surface area contributed by atoms with Crippen molar-refractivity contribution >= 4 is 0 Å². The number of rotatable bonds is 11. The molecular formula is C11H23O3. The Morgan fingerprint density at radius 1 is 0.786 bits per heavy atom. The molecule has 0 heterocycles. The van der Waals surface area contributed by atoms with E-state index in [2.05, 4.69) is 13.8 Å². The molecule has 14 heavy (non-hydrogen) atoms. The molecule has 0 aliphatic heterocycles. The van der Waals surface area contributed by atoms with Gasteiger partial charge in [0.25, 0.3) is 0 Å². The predicted molar refractivity (Wildman–Crippen MR) is 57.3 cm³/mol. The van der Waals surface area contributed by atoms with E-state index in [1.807, 2.05) is 0 Å². The van der Waals surface area contributed by atoms with E-state index in [4.69, 9.17) is 14.2 Å². The van der Waals surface area contributed by atoms with Gasteiger partial charge in [0, 0.05) is 39.6 Å². The monoisotopic (exact) mass is 203 g/mol. The third-order valence-corrected chi connectivity index (χ3v) is 1.65. The topological polar surface area (TPSA) is 27.7 Å². The van der Waals surface area contributed by atoms with Gasteiger partial charge in [-0.05, 0) is 26.2 Å². The fraction of sp³-hybridized carbons (Fsp3) is 0.909. The van der Waals surface area contributed by atoms with Gasteiger partial charge in [0.05, 0.1) is 0 Å². The van der Waals surface area contributed by atoms with Crippen LogP contribution in [0.3, 0.4) is 0 Å². The van der Waals surface area contributed by atoms with E-state index in [9.17, 15) is 0 Å².